The molecule has 2 heteroatoms. The first-order valence-corrected chi connectivity index (χ1v) is 23.7. The molecule has 11 aromatic carbocycles. The molecule has 13 rings (SSSR count). The quantitative estimate of drug-likeness (QED) is 0.149. The molecule has 0 aliphatic rings. The molecule has 0 aliphatic carbocycles. The van der Waals surface area contributed by atoms with Crippen molar-refractivity contribution < 1.29 is 4.42 Å². The van der Waals surface area contributed by atoms with Gasteiger partial charge in [-0.05, 0) is 139 Å². The van der Waals surface area contributed by atoms with Gasteiger partial charge in [0.1, 0.15) is 11.2 Å². The maximum absolute atomic E-state index is 6.89. The molecule has 0 fully saturated rings. The molecule has 0 bridgehead atoms. The van der Waals surface area contributed by atoms with Crippen LogP contribution in [0.4, 0.5) is 0 Å². The van der Waals surface area contributed by atoms with Gasteiger partial charge in [-0.25, -0.2) is 0 Å². The summed E-state index contributed by atoms with van der Waals surface area (Å²) in [6.07, 6.45) is 0. The molecular formula is C67H45NO. The fraction of sp³-hybridized carbons (Fsp3) is 0.0149. The second-order valence-electron chi connectivity index (χ2n) is 18.1. The Morgan fingerprint density at radius 3 is 1.12 bits per heavy atom. The molecule has 324 valence electrons. The van der Waals surface area contributed by atoms with Crippen LogP contribution in [0.3, 0.4) is 0 Å². The van der Waals surface area contributed by atoms with Crippen molar-refractivity contribution in [1.29, 1.82) is 0 Å². The Kier molecular flexibility index (Phi) is 9.77. The highest BCUT2D eigenvalue weighted by atomic mass is 16.3. The van der Waals surface area contributed by atoms with Crippen molar-refractivity contribution in [3.05, 3.63) is 255 Å². The van der Waals surface area contributed by atoms with Crippen molar-refractivity contribution in [3.8, 4) is 89.0 Å². The number of hydrogen-bond donors (Lipinski definition) is 0. The molecule has 0 atom stereocenters. The number of para-hydroxylation sites is 2. The van der Waals surface area contributed by atoms with E-state index in [1.807, 2.05) is 0 Å². The molecule has 0 unspecified atom stereocenters. The van der Waals surface area contributed by atoms with Crippen LogP contribution in [0.5, 0.6) is 0 Å². The highest BCUT2D eigenvalue weighted by Crippen LogP contribution is 2.47. The van der Waals surface area contributed by atoms with Crippen LogP contribution in [0, 0.1) is 0 Å². The average Bonchev–Trinajstić information content (AvgIpc) is 3.96. The van der Waals surface area contributed by atoms with Gasteiger partial charge in [-0.3, -0.25) is 0 Å². The second-order valence-corrected chi connectivity index (χ2v) is 18.1. The Balaban J connectivity index is 1.01. The zero-order valence-electron chi connectivity index (χ0n) is 38.1. The third kappa shape index (κ3) is 7.13. The van der Waals surface area contributed by atoms with E-state index in [0.29, 0.717) is 0 Å². The van der Waals surface area contributed by atoms with Gasteiger partial charge in [0, 0.05) is 34.3 Å². The van der Waals surface area contributed by atoms with E-state index >= 15 is 0 Å². The van der Waals surface area contributed by atoms with Crippen LogP contribution < -0.4 is 0 Å². The Morgan fingerprint density at radius 1 is 0.261 bits per heavy atom. The lowest BCUT2D eigenvalue weighted by Crippen LogP contribution is -1.93. The lowest BCUT2D eigenvalue weighted by atomic mass is 9.91. The van der Waals surface area contributed by atoms with E-state index in [2.05, 4.69) is 266 Å². The van der Waals surface area contributed by atoms with Crippen molar-refractivity contribution in [1.82, 2.24) is 4.57 Å². The Labute approximate surface area is 401 Å². The molecule has 0 radical (unpaired) electrons. The highest BCUT2D eigenvalue weighted by Gasteiger charge is 2.23. The molecule has 13 aromatic rings. The summed E-state index contributed by atoms with van der Waals surface area (Å²) in [6, 6.07) is 92.5. The number of aryl methyl sites for hydroxylation is 1. The van der Waals surface area contributed by atoms with E-state index < -0.39 is 0 Å². The minimum atomic E-state index is 0.888. The van der Waals surface area contributed by atoms with Gasteiger partial charge in [0.2, 0.25) is 0 Å². The molecule has 0 N–H and O–H groups in total. The molecule has 2 aromatic heterocycles. The summed E-state index contributed by atoms with van der Waals surface area (Å²) in [5.74, 6) is 0. The van der Waals surface area contributed by atoms with E-state index in [1.54, 1.807) is 0 Å². The second kappa shape index (κ2) is 16.7. The summed E-state index contributed by atoms with van der Waals surface area (Å²) in [6.45, 7) is 0. The maximum Gasteiger partial charge on any atom is 0.145 e. The van der Waals surface area contributed by atoms with Crippen molar-refractivity contribution in [2.24, 2.45) is 7.05 Å². The predicted molar refractivity (Wildman–Crippen MR) is 291 cm³/mol. The van der Waals surface area contributed by atoms with Crippen molar-refractivity contribution in [3.63, 3.8) is 0 Å². The van der Waals surface area contributed by atoms with E-state index in [0.717, 1.165) is 60.5 Å². The molecular weight excluding hydrogens is 835 g/mol. The van der Waals surface area contributed by atoms with Crippen molar-refractivity contribution >= 4 is 43.7 Å². The van der Waals surface area contributed by atoms with E-state index in [9.17, 15) is 0 Å². The number of fused-ring (bicyclic) bond motifs is 7. The van der Waals surface area contributed by atoms with E-state index in [1.165, 1.54) is 72.3 Å². The lowest BCUT2D eigenvalue weighted by Gasteiger charge is -2.14. The summed E-state index contributed by atoms with van der Waals surface area (Å²) in [5.41, 5.74) is 23.0. The van der Waals surface area contributed by atoms with Crippen LogP contribution in [0.25, 0.3) is 133 Å². The first-order chi connectivity index (χ1) is 34.1. The van der Waals surface area contributed by atoms with Gasteiger partial charge in [0.15, 0.2) is 0 Å². The highest BCUT2D eigenvalue weighted by molar-refractivity contribution is 6.28. The molecule has 0 amide bonds. The van der Waals surface area contributed by atoms with E-state index in [4.69, 9.17) is 4.42 Å². The maximum atomic E-state index is 6.89. The molecule has 2 heterocycles. The fourth-order valence-electron chi connectivity index (χ4n) is 10.6. The first kappa shape index (κ1) is 40.3. The van der Waals surface area contributed by atoms with Crippen molar-refractivity contribution in [2.45, 2.75) is 0 Å². The summed E-state index contributed by atoms with van der Waals surface area (Å²) in [7, 11) is 2.23. The molecule has 2 nitrogen and oxygen atoms in total. The minimum absolute atomic E-state index is 0.888. The Bertz CT molecular complexity index is 3930. The summed E-state index contributed by atoms with van der Waals surface area (Å²) in [4.78, 5) is 0. The van der Waals surface area contributed by atoms with Crippen LogP contribution in [-0.4, -0.2) is 4.57 Å². The van der Waals surface area contributed by atoms with Gasteiger partial charge in [0.25, 0.3) is 0 Å². The fourth-order valence-corrected chi connectivity index (χ4v) is 10.6. The SMILES string of the molecule is Cn1c2c(-c3cccc(-c4cc(-c5ccccc5)cc(-c5ccccc5)c4)c3)cccc2c2c3oc4ccccc4c3cc(-c3cccc(-c4cc(-c5ccccc5)cc(-c5ccccc5)c4)c3)c21. The topological polar surface area (TPSA) is 18.1 Å². The first-order valence-electron chi connectivity index (χ1n) is 23.7. The monoisotopic (exact) mass is 879 g/mol. The molecule has 69 heavy (non-hydrogen) atoms. The Morgan fingerprint density at radius 2 is 0.623 bits per heavy atom. The number of furan rings is 1. The van der Waals surface area contributed by atoms with E-state index in [-0.39, 0.29) is 0 Å². The summed E-state index contributed by atoms with van der Waals surface area (Å²) < 4.78 is 9.30. The van der Waals surface area contributed by atoms with Gasteiger partial charge in [-0.15, -0.1) is 0 Å². The minimum Gasteiger partial charge on any atom is -0.455 e. The number of nitrogens with zero attached hydrogens (tertiary/aromatic N) is 1. The van der Waals surface area contributed by atoms with Gasteiger partial charge in [0.05, 0.1) is 16.4 Å². The standard InChI is InChI=1S/C67H45NO/c1-68-65-58(50-29-16-27-48(35-50)56-39-52(44-19-6-2-7-20-44)37-53(40-56)45-21-8-3-9-22-45)32-18-33-60(65)64-66(68)61(43-62-59-31-14-15-34-63(59)69-67(62)64)51-30-17-28-49(36-51)57-41-54(46-23-10-4-11-24-46)38-55(42-57)47-25-12-5-13-26-47/h2-43H,1H3. The average molecular weight is 880 g/mol. The largest absolute Gasteiger partial charge is 0.455 e. The van der Waals surface area contributed by atoms with Crippen LogP contribution in [-0.2, 0) is 7.05 Å². The smallest absolute Gasteiger partial charge is 0.145 e. The van der Waals surface area contributed by atoms with Crippen molar-refractivity contribution in [2.75, 3.05) is 0 Å². The van der Waals surface area contributed by atoms with Gasteiger partial charge in [-0.1, -0.05) is 194 Å². The predicted octanol–water partition coefficient (Wildman–Crippen LogP) is 18.6. The molecule has 0 saturated carbocycles. The van der Waals surface area contributed by atoms with Crippen LogP contribution >= 0.6 is 0 Å². The van der Waals surface area contributed by atoms with Gasteiger partial charge >= 0.3 is 0 Å². The van der Waals surface area contributed by atoms with Gasteiger partial charge < -0.3 is 8.98 Å². The number of benzene rings is 11. The van der Waals surface area contributed by atoms with Crippen LogP contribution in [0.15, 0.2) is 259 Å². The molecule has 0 aliphatic heterocycles. The van der Waals surface area contributed by atoms with Gasteiger partial charge in [-0.2, -0.15) is 0 Å². The zero-order valence-corrected chi connectivity index (χ0v) is 38.1. The number of rotatable bonds is 8. The summed E-state index contributed by atoms with van der Waals surface area (Å²) in [5, 5.41) is 4.52. The molecule has 0 spiro atoms. The third-order valence-electron chi connectivity index (χ3n) is 13.9. The lowest BCUT2D eigenvalue weighted by molar-refractivity contribution is 0.673. The summed E-state index contributed by atoms with van der Waals surface area (Å²) >= 11 is 0. The number of hydrogen-bond acceptors (Lipinski definition) is 1. The van der Waals surface area contributed by atoms with Crippen LogP contribution in [0.1, 0.15) is 0 Å². The number of aromatic nitrogens is 1. The third-order valence-corrected chi connectivity index (χ3v) is 13.9. The zero-order chi connectivity index (χ0) is 45.8. The normalized spacial score (nSPS) is 11.6. The van der Waals surface area contributed by atoms with Crippen LogP contribution in [0.2, 0.25) is 0 Å². The molecule has 0 saturated heterocycles. The Hall–Kier alpha value is -8.98.